The summed E-state index contributed by atoms with van der Waals surface area (Å²) in [6.45, 7) is 3.17. The Labute approximate surface area is 130 Å². The van der Waals surface area contributed by atoms with Crippen LogP contribution >= 0.6 is 0 Å². The Kier molecular flexibility index (Phi) is 5.35. The van der Waals surface area contributed by atoms with Gasteiger partial charge >= 0.3 is 0 Å². The summed E-state index contributed by atoms with van der Waals surface area (Å²) in [6, 6.07) is 9.60. The van der Waals surface area contributed by atoms with Crippen molar-refractivity contribution in [1.82, 2.24) is 4.57 Å². The van der Waals surface area contributed by atoms with Crippen molar-refractivity contribution < 1.29 is 9.47 Å². The maximum absolute atomic E-state index is 12.5. The topological polar surface area (TPSA) is 66.5 Å². The van der Waals surface area contributed by atoms with Crippen LogP contribution in [0.2, 0.25) is 0 Å². The van der Waals surface area contributed by atoms with Crippen LogP contribution in [0.4, 0.5) is 0 Å². The molecule has 1 aromatic heterocycles. The normalized spacial score (nSPS) is 10.7. The van der Waals surface area contributed by atoms with Crippen LogP contribution in [0.3, 0.4) is 0 Å². The van der Waals surface area contributed by atoms with Gasteiger partial charge in [0.2, 0.25) is 0 Å². The molecule has 2 aromatic rings. The number of hydrogen-bond acceptors (Lipinski definition) is 4. The van der Waals surface area contributed by atoms with Crippen molar-refractivity contribution in [3.05, 3.63) is 51.8 Å². The molecule has 0 spiro atoms. The van der Waals surface area contributed by atoms with Gasteiger partial charge < -0.3 is 19.8 Å². The Balaban J connectivity index is 2.56. The van der Waals surface area contributed by atoms with Crippen molar-refractivity contribution in [1.29, 1.82) is 0 Å². The van der Waals surface area contributed by atoms with Crippen molar-refractivity contribution in [2.75, 3.05) is 20.8 Å². The maximum atomic E-state index is 12.5. The standard InChI is InChI=1S/C17H22N2O3/c1-12-10-13(5-7-16(12)22-3)15-6-4-14(11-18)17(20)19(15)8-9-21-2/h4-7,10H,8-9,11,18H2,1-3H3. The molecule has 5 nitrogen and oxygen atoms in total. The Morgan fingerprint density at radius 1 is 1.18 bits per heavy atom. The lowest BCUT2D eigenvalue weighted by Crippen LogP contribution is -2.28. The smallest absolute Gasteiger partial charge is 0.255 e. The fourth-order valence-corrected chi connectivity index (χ4v) is 2.47. The fourth-order valence-electron chi connectivity index (χ4n) is 2.47. The molecule has 5 heteroatoms. The Hall–Kier alpha value is -2.11. The summed E-state index contributed by atoms with van der Waals surface area (Å²) in [5.41, 5.74) is 9.02. The van der Waals surface area contributed by atoms with E-state index in [2.05, 4.69) is 0 Å². The lowest BCUT2D eigenvalue weighted by molar-refractivity contribution is 0.186. The number of ether oxygens (including phenoxy) is 2. The van der Waals surface area contributed by atoms with E-state index >= 15 is 0 Å². The van der Waals surface area contributed by atoms with Crippen LogP contribution < -0.4 is 16.0 Å². The number of hydrogen-bond donors (Lipinski definition) is 1. The highest BCUT2D eigenvalue weighted by Crippen LogP contribution is 2.25. The fraction of sp³-hybridized carbons (Fsp3) is 0.353. The molecule has 2 rings (SSSR count). The summed E-state index contributed by atoms with van der Waals surface area (Å²) in [5, 5.41) is 0. The van der Waals surface area contributed by atoms with Crippen molar-refractivity contribution >= 4 is 0 Å². The predicted octanol–water partition coefficient (Wildman–Crippen LogP) is 1.94. The van der Waals surface area contributed by atoms with Gasteiger partial charge in [-0.25, -0.2) is 0 Å². The third-order valence-electron chi connectivity index (χ3n) is 3.68. The summed E-state index contributed by atoms with van der Waals surface area (Å²) in [6.07, 6.45) is 0. The third-order valence-corrected chi connectivity index (χ3v) is 3.68. The molecule has 0 saturated heterocycles. The van der Waals surface area contributed by atoms with Crippen LogP contribution in [-0.2, 0) is 17.8 Å². The number of nitrogens with two attached hydrogens (primary N) is 1. The van der Waals surface area contributed by atoms with Gasteiger partial charge in [-0.2, -0.15) is 0 Å². The van der Waals surface area contributed by atoms with Crippen molar-refractivity contribution in [2.45, 2.75) is 20.0 Å². The highest BCUT2D eigenvalue weighted by molar-refractivity contribution is 5.62. The molecule has 0 unspecified atom stereocenters. The lowest BCUT2D eigenvalue weighted by Gasteiger charge is -2.15. The minimum absolute atomic E-state index is 0.0643. The monoisotopic (exact) mass is 302 g/mol. The van der Waals surface area contributed by atoms with Crippen LogP contribution in [0, 0.1) is 6.92 Å². The molecule has 0 fully saturated rings. The number of nitrogens with zero attached hydrogens (tertiary/aromatic N) is 1. The van der Waals surface area contributed by atoms with Gasteiger partial charge in [-0.15, -0.1) is 0 Å². The van der Waals surface area contributed by atoms with E-state index in [9.17, 15) is 4.79 Å². The third kappa shape index (κ3) is 3.21. The van der Waals surface area contributed by atoms with Gasteiger partial charge in [-0.3, -0.25) is 4.79 Å². The molecule has 0 aliphatic heterocycles. The SMILES string of the molecule is COCCn1c(-c2ccc(OC)c(C)c2)ccc(CN)c1=O. The van der Waals surface area contributed by atoms with E-state index in [1.54, 1.807) is 24.9 Å². The van der Waals surface area contributed by atoms with E-state index in [1.165, 1.54) is 0 Å². The first kappa shape index (κ1) is 16.3. The lowest BCUT2D eigenvalue weighted by atomic mass is 10.1. The second-order valence-corrected chi connectivity index (χ2v) is 5.08. The summed E-state index contributed by atoms with van der Waals surface area (Å²) in [4.78, 5) is 12.5. The molecule has 0 amide bonds. The molecule has 0 aliphatic rings. The predicted molar refractivity (Wildman–Crippen MR) is 87.2 cm³/mol. The summed E-state index contributed by atoms with van der Waals surface area (Å²) < 4.78 is 12.1. The second-order valence-electron chi connectivity index (χ2n) is 5.08. The second kappa shape index (κ2) is 7.24. The largest absolute Gasteiger partial charge is 0.496 e. The van der Waals surface area contributed by atoms with E-state index in [0.717, 1.165) is 22.6 Å². The molecular formula is C17H22N2O3. The number of aromatic nitrogens is 1. The molecule has 0 radical (unpaired) electrons. The molecule has 0 aliphatic carbocycles. The van der Waals surface area contributed by atoms with E-state index in [-0.39, 0.29) is 12.1 Å². The Morgan fingerprint density at radius 3 is 2.55 bits per heavy atom. The minimum atomic E-state index is -0.0643. The van der Waals surface area contributed by atoms with Gasteiger partial charge in [0.15, 0.2) is 0 Å². The van der Waals surface area contributed by atoms with Gasteiger partial charge in [-0.05, 0) is 42.3 Å². The van der Waals surface area contributed by atoms with E-state index < -0.39 is 0 Å². The molecule has 0 saturated carbocycles. The van der Waals surface area contributed by atoms with Crippen LogP contribution in [0.15, 0.2) is 35.1 Å². The Morgan fingerprint density at radius 2 is 1.95 bits per heavy atom. The average Bonchev–Trinajstić information content (AvgIpc) is 2.53. The van der Waals surface area contributed by atoms with E-state index in [1.807, 2.05) is 31.2 Å². The van der Waals surface area contributed by atoms with Crippen molar-refractivity contribution in [3.63, 3.8) is 0 Å². The zero-order valence-electron chi connectivity index (χ0n) is 13.3. The quantitative estimate of drug-likeness (QED) is 0.885. The molecular weight excluding hydrogens is 280 g/mol. The number of pyridine rings is 1. The van der Waals surface area contributed by atoms with Gasteiger partial charge in [0, 0.05) is 25.8 Å². The molecule has 2 N–H and O–H groups in total. The zero-order valence-corrected chi connectivity index (χ0v) is 13.3. The van der Waals surface area contributed by atoms with Gasteiger partial charge in [0.05, 0.1) is 19.4 Å². The van der Waals surface area contributed by atoms with Crippen LogP contribution in [0.25, 0.3) is 11.3 Å². The van der Waals surface area contributed by atoms with Crippen molar-refractivity contribution in [3.8, 4) is 17.0 Å². The molecule has 0 bridgehead atoms. The van der Waals surface area contributed by atoms with Gasteiger partial charge in [0.25, 0.3) is 5.56 Å². The first-order valence-corrected chi connectivity index (χ1v) is 7.19. The minimum Gasteiger partial charge on any atom is -0.496 e. The molecule has 118 valence electrons. The van der Waals surface area contributed by atoms with E-state index in [0.29, 0.717) is 18.7 Å². The highest BCUT2D eigenvalue weighted by Gasteiger charge is 2.11. The van der Waals surface area contributed by atoms with Gasteiger partial charge in [-0.1, -0.05) is 6.07 Å². The summed E-state index contributed by atoms with van der Waals surface area (Å²) in [7, 11) is 3.27. The van der Waals surface area contributed by atoms with Crippen molar-refractivity contribution in [2.24, 2.45) is 5.73 Å². The number of aryl methyl sites for hydroxylation is 1. The number of methoxy groups -OCH3 is 2. The van der Waals surface area contributed by atoms with Crippen LogP contribution in [0.1, 0.15) is 11.1 Å². The number of rotatable bonds is 6. The zero-order chi connectivity index (χ0) is 16.1. The first-order valence-electron chi connectivity index (χ1n) is 7.19. The molecule has 0 atom stereocenters. The average molecular weight is 302 g/mol. The molecule has 1 heterocycles. The van der Waals surface area contributed by atoms with Crippen LogP contribution in [0.5, 0.6) is 5.75 Å². The maximum Gasteiger partial charge on any atom is 0.255 e. The first-order chi connectivity index (χ1) is 10.6. The molecule has 1 aromatic carbocycles. The van der Waals surface area contributed by atoms with Crippen LogP contribution in [-0.4, -0.2) is 25.4 Å². The Bertz CT molecular complexity index is 708. The number of benzene rings is 1. The molecule has 22 heavy (non-hydrogen) atoms. The summed E-state index contributed by atoms with van der Waals surface area (Å²) in [5.74, 6) is 0.827. The highest BCUT2D eigenvalue weighted by atomic mass is 16.5. The summed E-state index contributed by atoms with van der Waals surface area (Å²) >= 11 is 0. The van der Waals surface area contributed by atoms with E-state index in [4.69, 9.17) is 15.2 Å². The van der Waals surface area contributed by atoms with Gasteiger partial charge in [0.1, 0.15) is 5.75 Å².